The molecule has 0 spiro atoms. The van der Waals surface area contributed by atoms with E-state index >= 15 is 0 Å². The van der Waals surface area contributed by atoms with Gasteiger partial charge in [0.25, 0.3) is 0 Å². The Bertz CT molecular complexity index is 691. The zero-order valence-electron chi connectivity index (χ0n) is 22.8. The van der Waals surface area contributed by atoms with Gasteiger partial charge in [-0.15, -0.1) is 0 Å². The average molecular weight is 443 g/mol. The van der Waals surface area contributed by atoms with E-state index in [0.29, 0.717) is 28.5 Å². The van der Waals surface area contributed by atoms with E-state index in [0.717, 1.165) is 29.6 Å². The molecule has 0 saturated heterocycles. The molecule has 0 radical (unpaired) electrons. The molecule has 0 aromatic heterocycles. The largest absolute Gasteiger partial charge is 0.375 e. The summed E-state index contributed by atoms with van der Waals surface area (Å²) in [6.07, 6.45) is 18.8. The number of fused-ring (bicyclic) bond motifs is 5. The SMILES string of the molecule is CC(C)CCC[C@@H](C)[C@H]1CC[C@@H]2C1(C)CC[C@H]1C2(C)CC=C2C[C@@H](OC(C)C)CC[C@@]21C. The van der Waals surface area contributed by atoms with Crippen molar-refractivity contribution in [2.45, 2.75) is 138 Å². The molecule has 3 fully saturated rings. The molecule has 0 bridgehead atoms. The van der Waals surface area contributed by atoms with Crippen LogP contribution in [-0.2, 0) is 4.74 Å². The first-order valence-corrected chi connectivity index (χ1v) is 14.4. The third kappa shape index (κ3) is 4.16. The van der Waals surface area contributed by atoms with E-state index in [1.54, 1.807) is 5.57 Å². The van der Waals surface area contributed by atoms with Crippen LogP contribution in [0.4, 0.5) is 0 Å². The molecular formula is C31H54O. The van der Waals surface area contributed by atoms with E-state index in [4.69, 9.17) is 4.74 Å². The molecule has 4 aliphatic carbocycles. The van der Waals surface area contributed by atoms with Gasteiger partial charge in [-0.2, -0.15) is 0 Å². The second kappa shape index (κ2) is 9.05. The molecular weight excluding hydrogens is 388 g/mol. The van der Waals surface area contributed by atoms with Crippen LogP contribution in [0, 0.1) is 45.8 Å². The highest BCUT2D eigenvalue weighted by Crippen LogP contribution is 2.72. The Morgan fingerprint density at radius 1 is 0.875 bits per heavy atom. The summed E-state index contributed by atoms with van der Waals surface area (Å²) in [4.78, 5) is 0. The van der Waals surface area contributed by atoms with Crippen LogP contribution in [0.1, 0.15) is 126 Å². The first-order valence-electron chi connectivity index (χ1n) is 14.4. The third-order valence-electron chi connectivity index (χ3n) is 11.3. The Morgan fingerprint density at radius 3 is 2.31 bits per heavy atom. The Balaban J connectivity index is 1.52. The van der Waals surface area contributed by atoms with Crippen molar-refractivity contribution >= 4 is 0 Å². The predicted molar refractivity (Wildman–Crippen MR) is 138 cm³/mol. The summed E-state index contributed by atoms with van der Waals surface area (Å²) in [5.41, 5.74) is 3.26. The van der Waals surface area contributed by atoms with Crippen LogP contribution in [0.15, 0.2) is 11.6 Å². The number of hydrogen-bond acceptors (Lipinski definition) is 1. The van der Waals surface area contributed by atoms with Crippen LogP contribution in [0.5, 0.6) is 0 Å². The number of ether oxygens (including phenoxy) is 1. The normalized spacial score (nSPS) is 44.8. The third-order valence-corrected chi connectivity index (χ3v) is 11.3. The molecule has 184 valence electrons. The minimum atomic E-state index is 0.354. The summed E-state index contributed by atoms with van der Waals surface area (Å²) < 4.78 is 6.28. The first-order chi connectivity index (χ1) is 15.0. The van der Waals surface area contributed by atoms with Gasteiger partial charge in [-0.1, -0.05) is 72.5 Å². The molecule has 4 aliphatic rings. The van der Waals surface area contributed by atoms with E-state index < -0.39 is 0 Å². The molecule has 8 atom stereocenters. The van der Waals surface area contributed by atoms with Gasteiger partial charge in [0.05, 0.1) is 12.2 Å². The van der Waals surface area contributed by atoms with Crippen molar-refractivity contribution in [2.24, 2.45) is 45.8 Å². The van der Waals surface area contributed by atoms with Crippen molar-refractivity contribution < 1.29 is 4.74 Å². The van der Waals surface area contributed by atoms with Gasteiger partial charge in [0.15, 0.2) is 0 Å². The second-order valence-electron chi connectivity index (χ2n) is 14.0. The summed E-state index contributed by atoms with van der Waals surface area (Å²) in [6, 6.07) is 0. The minimum Gasteiger partial charge on any atom is -0.375 e. The molecule has 32 heavy (non-hydrogen) atoms. The summed E-state index contributed by atoms with van der Waals surface area (Å²) in [7, 11) is 0. The average Bonchev–Trinajstić information content (AvgIpc) is 3.06. The lowest BCUT2D eigenvalue weighted by atomic mass is 9.41. The van der Waals surface area contributed by atoms with E-state index in [9.17, 15) is 0 Å². The number of hydrogen-bond donors (Lipinski definition) is 0. The van der Waals surface area contributed by atoms with Crippen molar-refractivity contribution in [3.63, 3.8) is 0 Å². The van der Waals surface area contributed by atoms with Crippen molar-refractivity contribution in [1.82, 2.24) is 0 Å². The fourth-order valence-corrected chi connectivity index (χ4v) is 9.81. The Kier molecular flexibility index (Phi) is 7.02. The highest BCUT2D eigenvalue weighted by Gasteiger charge is 2.63. The fraction of sp³-hybridized carbons (Fsp3) is 0.935. The molecule has 3 saturated carbocycles. The smallest absolute Gasteiger partial charge is 0.0616 e. The van der Waals surface area contributed by atoms with Crippen LogP contribution in [0.25, 0.3) is 0 Å². The van der Waals surface area contributed by atoms with E-state index in [-0.39, 0.29) is 0 Å². The zero-order chi connectivity index (χ0) is 23.3. The lowest BCUT2D eigenvalue weighted by molar-refractivity contribution is -0.119. The van der Waals surface area contributed by atoms with Crippen LogP contribution in [-0.4, -0.2) is 12.2 Å². The highest BCUT2D eigenvalue weighted by molar-refractivity contribution is 5.28. The van der Waals surface area contributed by atoms with Crippen molar-refractivity contribution in [2.75, 3.05) is 0 Å². The van der Waals surface area contributed by atoms with E-state index in [2.05, 4.69) is 61.5 Å². The van der Waals surface area contributed by atoms with Crippen LogP contribution in [0.2, 0.25) is 0 Å². The maximum Gasteiger partial charge on any atom is 0.0616 e. The second-order valence-corrected chi connectivity index (χ2v) is 14.0. The Labute approximate surface area is 200 Å². The lowest BCUT2D eigenvalue weighted by Gasteiger charge is -2.63. The monoisotopic (exact) mass is 442 g/mol. The minimum absolute atomic E-state index is 0.354. The number of allylic oxidation sites excluding steroid dienone is 1. The van der Waals surface area contributed by atoms with Crippen molar-refractivity contribution in [3.05, 3.63) is 11.6 Å². The molecule has 4 rings (SSSR count). The predicted octanol–water partition coefficient (Wildman–Crippen LogP) is 9.21. The van der Waals surface area contributed by atoms with E-state index in [1.807, 2.05) is 0 Å². The molecule has 1 nitrogen and oxygen atoms in total. The summed E-state index contributed by atoms with van der Waals surface area (Å²) >= 11 is 0. The molecule has 0 amide bonds. The molecule has 0 aromatic rings. The van der Waals surface area contributed by atoms with E-state index in [1.165, 1.54) is 70.6 Å². The van der Waals surface area contributed by atoms with Gasteiger partial charge in [-0.3, -0.25) is 0 Å². The molecule has 0 aliphatic heterocycles. The zero-order valence-corrected chi connectivity index (χ0v) is 22.8. The van der Waals surface area contributed by atoms with Gasteiger partial charge in [0.2, 0.25) is 0 Å². The van der Waals surface area contributed by atoms with Crippen LogP contribution < -0.4 is 0 Å². The fourth-order valence-electron chi connectivity index (χ4n) is 9.81. The van der Waals surface area contributed by atoms with Gasteiger partial charge in [-0.05, 0) is 111 Å². The molecule has 0 aromatic carbocycles. The summed E-state index contributed by atoms with van der Waals surface area (Å²) in [5.74, 6) is 4.51. The molecule has 0 heterocycles. The summed E-state index contributed by atoms with van der Waals surface area (Å²) in [6.45, 7) is 19.9. The Morgan fingerprint density at radius 2 is 1.62 bits per heavy atom. The van der Waals surface area contributed by atoms with Crippen LogP contribution >= 0.6 is 0 Å². The van der Waals surface area contributed by atoms with Gasteiger partial charge in [-0.25, -0.2) is 0 Å². The van der Waals surface area contributed by atoms with Crippen molar-refractivity contribution in [3.8, 4) is 0 Å². The Hall–Kier alpha value is -0.300. The van der Waals surface area contributed by atoms with Crippen LogP contribution in [0.3, 0.4) is 0 Å². The molecule has 1 heteroatoms. The molecule has 2 unspecified atom stereocenters. The van der Waals surface area contributed by atoms with Gasteiger partial charge in [0, 0.05) is 0 Å². The quantitative estimate of drug-likeness (QED) is 0.357. The maximum absolute atomic E-state index is 6.28. The highest BCUT2D eigenvalue weighted by atomic mass is 16.5. The standard InChI is InChI=1S/C31H54O/c1-21(2)10-9-11-23(5)26-12-13-27-30(26,7)19-16-28-29(6)18-15-25(32-22(3)4)20-24(29)14-17-31(27,28)8/h14,21-23,25-28H,9-13,15-20H2,1-8H3/t23-,25+,26-,27-,28-,29+,30?,31?/m1/s1. The van der Waals surface area contributed by atoms with Gasteiger partial charge < -0.3 is 4.74 Å². The number of rotatable bonds is 7. The molecule has 0 N–H and O–H groups in total. The topological polar surface area (TPSA) is 9.23 Å². The summed E-state index contributed by atoms with van der Waals surface area (Å²) in [5, 5.41) is 0. The first kappa shape index (κ1) is 24.8. The maximum atomic E-state index is 6.28. The van der Waals surface area contributed by atoms with Gasteiger partial charge >= 0.3 is 0 Å². The van der Waals surface area contributed by atoms with Gasteiger partial charge in [0.1, 0.15) is 0 Å². The lowest BCUT2D eigenvalue weighted by Crippen LogP contribution is -2.56. The van der Waals surface area contributed by atoms with Crippen molar-refractivity contribution in [1.29, 1.82) is 0 Å².